The second-order valence-electron chi connectivity index (χ2n) is 6.88. The van der Waals surface area contributed by atoms with Crippen LogP contribution in [0.25, 0.3) is 20.4 Å². The van der Waals surface area contributed by atoms with Gasteiger partial charge in [0, 0.05) is 18.5 Å². The zero-order valence-corrected chi connectivity index (χ0v) is 15.4. The van der Waals surface area contributed by atoms with E-state index in [1.54, 1.807) is 0 Å². The van der Waals surface area contributed by atoms with Crippen molar-refractivity contribution in [3.63, 3.8) is 0 Å². The molecule has 0 spiro atoms. The summed E-state index contributed by atoms with van der Waals surface area (Å²) in [7, 11) is 0. The van der Waals surface area contributed by atoms with E-state index in [2.05, 4.69) is 14.9 Å². The molecular formula is C18H18N4O4S. The number of carboxylic acids is 1. The fourth-order valence-electron chi connectivity index (χ4n) is 4.06. The van der Waals surface area contributed by atoms with Crippen LogP contribution in [0.3, 0.4) is 0 Å². The largest absolute Gasteiger partial charge is 0.475 e. The molecule has 1 aliphatic heterocycles. The molecule has 1 fully saturated rings. The third-order valence-electron chi connectivity index (χ3n) is 5.29. The maximum Gasteiger partial charge on any atom is 0.372 e. The highest BCUT2D eigenvalue weighted by atomic mass is 32.1. The number of fused-ring (bicyclic) bond motifs is 5. The number of aromatic carboxylic acids is 1. The molecule has 3 aromatic rings. The van der Waals surface area contributed by atoms with Gasteiger partial charge in [-0.05, 0) is 36.8 Å². The molecule has 0 radical (unpaired) electrons. The molecule has 0 atom stereocenters. The number of anilines is 1. The van der Waals surface area contributed by atoms with Gasteiger partial charge in [-0.15, -0.1) is 11.3 Å². The molecule has 0 saturated carbocycles. The maximum absolute atomic E-state index is 12.4. The first-order valence-corrected chi connectivity index (χ1v) is 9.89. The number of aromatic nitrogens is 3. The van der Waals surface area contributed by atoms with Crippen molar-refractivity contribution >= 4 is 43.6 Å². The Kier molecular flexibility index (Phi) is 3.87. The van der Waals surface area contributed by atoms with Crippen LogP contribution in [-0.2, 0) is 17.6 Å². The number of aryl methyl sites for hydroxylation is 1. The molecule has 2 aliphatic rings. The Bertz CT molecular complexity index is 1130. The number of nitrogens with zero attached hydrogens (tertiary/aromatic N) is 3. The molecular weight excluding hydrogens is 368 g/mol. The number of hydrogen-bond donors (Lipinski definition) is 2. The molecule has 9 heteroatoms. The minimum absolute atomic E-state index is 0.325. The number of H-pyrrole nitrogens is 1. The van der Waals surface area contributed by atoms with Gasteiger partial charge >= 0.3 is 5.97 Å². The summed E-state index contributed by atoms with van der Waals surface area (Å²) in [5, 5.41) is 10.1. The van der Waals surface area contributed by atoms with E-state index in [9.17, 15) is 14.7 Å². The third-order valence-corrected chi connectivity index (χ3v) is 6.36. The van der Waals surface area contributed by atoms with Gasteiger partial charge in [0.15, 0.2) is 0 Å². The van der Waals surface area contributed by atoms with Crippen molar-refractivity contribution < 1.29 is 14.6 Å². The number of carboxylic acid groups (broad SMARTS) is 1. The molecule has 0 aromatic carbocycles. The van der Waals surface area contributed by atoms with E-state index >= 15 is 0 Å². The van der Waals surface area contributed by atoms with E-state index in [1.165, 1.54) is 22.5 Å². The van der Waals surface area contributed by atoms with Crippen LogP contribution in [0.4, 0.5) is 5.82 Å². The lowest BCUT2D eigenvalue weighted by Crippen LogP contribution is -2.37. The molecule has 1 saturated heterocycles. The molecule has 1 aliphatic carbocycles. The highest BCUT2D eigenvalue weighted by molar-refractivity contribution is 7.25. The molecule has 0 bridgehead atoms. The first-order valence-electron chi connectivity index (χ1n) is 9.08. The van der Waals surface area contributed by atoms with Crippen LogP contribution in [0, 0.1) is 0 Å². The first-order chi connectivity index (χ1) is 13.1. The van der Waals surface area contributed by atoms with Crippen molar-refractivity contribution in [1.29, 1.82) is 0 Å². The van der Waals surface area contributed by atoms with E-state index in [4.69, 9.17) is 9.72 Å². The van der Waals surface area contributed by atoms with Crippen molar-refractivity contribution in [3.8, 4) is 0 Å². The Labute approximate surface area is 157 Å². The van der Waals surface area contributed by atoms with Gasteiger partial charge in [-0.3, -0.25) is 9.78 Å². The highest BCUT2D eigenvalue weighted by Gasteiger charge is 2.26. The normalized spacial score (nSPS) is 17.4. The number of rotatable bonds is 2. The van der Waals surface area contributed by atoms with Gasteiger partial charge in [0.1, 0.15) is 15.3 Å². The minimum atomic E-state index is -1.24. The van der Waals surface area contributed by atoms with E-state index in [0.717, 1.165) is 54.8 Å². The minimum Gasteiger partial charge on any atom is -0.475 e. The Balaban J connectivity index is 1.83. The molecule has 27 heavy (non-hydrogen) atoms. The topological polar surface area (TPSA) is 108 Å². The van der Waals surface area contributed by atoms with Gasteiger partial charge in [-0.2, -0.15) is 0 Å². The number of ether oxygens (including phenoxy) is 1. The predicted molar refractivity (Wildman–Crippen MR) is 102 cm³/mol. The predicted octanol–water partition coefficient (Wildman–Crippen LogP) is 1.95. The van der Waals surface area contributed by atoms with Crippen molar-refractivity contribution in [2.75, 3.05) is 31.2 Å². The van der Waals surface area contributed by atoms with E-state index in [-0.39, 0.29) is 5.82 Å². The summed E-state index contributed by atoms with van der Waals surface area (Å²) < 4.78 is 5.91. The Hall–Kier alpha value is -2.52. The van der Waals surface area contributed by atoms with Gasteiger partial charge in [-0.1, -0.05) is 0 Å². The van der Waals surface area contributed by atoms with Gasteiger partial charge in [-0.25, -0.2) is 14.8 Å². The van der Waals surface area contributed by atoms with Crippen LogP contribution in [0.5, 0.6) is 0 Å². The molecule has 0 unspecified atom stereocenters. The van der Waals surface area contributed by atoms with Gasteiger partial charge < -0.3 is 14.7 Å². The molecule has 140 valence electrons. The monoisotopic (exact) mass is 386 g/mol. The van der Waals surface area contributed by atoms with Crippen LogP contribution >= 0.6 is 11.3 Å². The number of nitrogens with one attached hydrogen (secondary N) is 1. The molecule has 4 heterocycles. The zero-order valence-electron chi connectivity index (χ0n) is 14.6. The Morgan fingerprint density at radius 3 is 2.63 bits per heavy atom. The second-order valence-corrected chi connectivity index (χ2v) is 7.88. The summed E-state index contributed by atoms with van der Waals surface area (Å²) in [6, 6.07) is 0. The molecule has 5 rings (SSSR count). The lowest BCUT2D eigenvalue weighted by molar-refractivity contribution is 0.0683. The fraction of sp³-hybridized carbons (Fsp3) is 0.444. The van der Waals surface area contributed by atoms with E-state index < -0.39 is 11.5 Å². The lowest BCUT2D eigenvalue weighted by atomic mass is 9.90. The van der Waals surface area contributed by atoms with Crippen molar-refractivity contribution in [2.45, 2.75) is 25.7 Å². The number of pyridine rings is 1. The quantitative estimate of drug-likeness (QED) is 0.693. The van der Waals surface area contributed by atoms with Crippen molar-refractivity contribution in [3.05, 3.63) is 27.3 Å². The van der Waals surface area contributed by atoms with Gasteiger partial charge in [0.05, 0.1) is 18.7 Å². The number of morpholine rings is 1. The molecule has 2 N–H and O–H groups in total. The van der Waals surface area contributed by atoms with Gasteiger partial charge in [0.2, 0.25) is 5.82 Å². The fourth-order valence-corrected chi connectivity index (χ4v) is 5.09. The summed E-state index contributed by atoms with van der Waals surface area (Å²) in [5.41, 5.74) is 2.44. The molecule has 0 amide bonds. The first kappa shape index (κ1) is 16.6. The van der Waals surface area contributed by atoms with Crippen LogP contribution in [0.15, 0.2) is 4.79 Å². The summed E-state index contributed by atoms with van der Waals surface area (Å²) in [6.45, 7) is 2.98. The van der Waals surface area contributed by atoms with Crippen molar-refractivity contribution in [1.82, 2.24) is 15.0 Å². The Morgan fingerprint density at radius 2 is 1.89 bits per heavy atom. The van der Waals surface area contributed by atoms with Crippen molar-refractivity contribution in [2.24, 2.45) is 0 Å². The summed E-state index contributed by atoms with van der Waals surface area (Å²) >= 11 is 1.29. The third kappa shape index (κ3) is 2.61. The maximum atomic E-state index is 12.4. The smallest absolute Gasteiger partial charge is 0.372 e. The zero-order chi connectivity index (χ0) is 18.5. The highest BCUT2D eigenvalue weighted by Crippen LogP contribution is 2.40. The summed E-state index contributed by atoms with van der Waals surface area (Å²) in [4.78, 5) is 38.3. The molecule has 3 aromatic heterocycles. The average molecular weight is 386 g/mol. The number of carbonyl (C=O) groups is 1. The number of aromatic amines is 1. The Morgan fingerprint density at radius 1 is 1.15 bits per heavy atom. The van der Waals surface area contributed by atoms with Crippen LogP contribution < -0.4 is 10.5 Å². The lowest BCUT2D eigenvalue weighted by Gasteiger charge is -2.31. The number of thiophene rings is 1. The SMILES string of the molecule is O=C(O)c1nc2c(sc3nc(N4CCOCC4)c4c(c32)CCCC4)c(=O)[nH]1. The average Bonchev–Trinajstić information content (AvgIpc) is 3.07. The standard InChI is InChI=1S/C18H18N4O4S/c23-16-13-12(19-14(20-16)18(24)25)11-9-3-1-2-4-10(9)15(21-17(11)27-13)22-5-7-26-8-6-22/h1-8H2,(H,24,25)(H,19,20,23). The summed E-state index contributed by atoms with van der Waals surface area (Å²) in [5.74, 6) is -0.573. The van der Waals surface area contributed by atoms with Gasteiger partial charge in [0.25, 0.3) is 5.56 Å². The second kappa shape index (κ2) is 6.28. The van der Waals surface area contributed by atoms with E-state index in [0.29, 0.717) is 23.4 Å². The van der Waals surface area contributed by atoms with Crippen LogP contribution in [0.1, 0.15) is 34.6 Å². The molecule has 8 nitrogen and oxygen atoms in total. The number of hydrogen-bond acceptors (Lipinski definition) is 7. The van der Waals surface area contributed by atoms with E-state index in [1.807, 2.05) is 0 Å². The van der Waals surface area contributed by atoms with Crippen LogP contribution in [0.2, 0.25) is 0 Å². The summed E-state index contributed by atoms with van der Waals surface area (Å²) in [6.07, 6.45) is 4.01. The van der Waals surface area contributed by atoms with Crippen LogP contribution in [-0.4, -0.2) is 52.3 Å².